The third-order valence-corrected chi connectivity index (χ3v) is 6.21. The van der Waals surface area contributed by atoms with E-state index in [9.17, 15) is 18.0 Å². The van der Waals surface area contributed by atoms with Gasteiger partial charge in [0.15, 0.2) is 6.61 Å². The molecule has 4 rings (SSSR count). The Morgan fingerprint density at radius 1 is 1.14 bits per heavy atom. The summed E-state index contributed by atoms with van der Waals surface area (Å²) in [7, 11) is 0. The number of benzene rings is 2. The van der Waals surface area contributed by atoms with Crippen molar-refractivity contribution in [3.8, 4) is 17.2 Å². The number of alkyl halides is 3. The normalized spacial score (nSPS) is 16.7. The maximum atomic E-state index is 12.3. The zero-order valence-electron chi connectivity index (χ0n) is 18.8. The Morgan fingerprint density at radius 2 is 1.91 bits per heavy atom. The summed E-state index contributed by atoms with van der Waals surface area (Å²) in [5.74, 6) is 0.281. The van der Waals surface area contributed by atoms with E-state index in [1.165, 1.54) is 12.1 Å². The summed E-state index contributed by atoms with van der Waals surface area (Å²) in [6.07, 6.45) is -1.02. The predicted molar refractivity (Wildman–Crippen MR) is 124 cm³/mol. The van der Waals surface area contributed by atoms with Crippen molar-refractivity contribution in [1.29, 1.82) is 0 Å². The number of hydrogen-bond donors (Lipinski definition) is 1. The number of hydrogen-bond acceptors (Lipinski definition) is 5. The first-order valence-electron chi connectivity index (χ1n) is 11.2. The lowest BCUT2D eigenvalue weighted by molar-refractivity contribution is -0.153. The number of aliphatic carboxylic acids is 1. The second-order valence-electron chi connectivity index (χ2n) is 8.64. The van der Waals surface area contributed by atoms with Crippen LogP contribution in [-0.2, 0) is 11.4 Å². The van der Waals surface area contributed by atoms with Gasteiger partial charge in [-0.15, -0.1) is 0 Å². The maximum absolute atomic E-state index is 12.3. The number of rotatable bonds is 8. The molecule has 1 saturated heterocycles. The van der Waals surface area contributed by atoms with E-state index in [0.29, 0.717) is 36.5 Å². The summed E-state index contributed by atoms with van der Waals surface area (Å²) in [6.45, 7) is 1.47. The molecule has 2 aromatic carbocycles. The van der Waals surface area contributed by atoms with Gasteiger partial charge in [0.1, 0.15) is 30.5 Å². The first-order valence-corrected chi connectivity index (χ1v) is 11.6. The number of likely N-dealkylation sites (tertiary alicyclic amines) is 1. The highest BCUT2D eigenvalue weighted by Crippen LogP contribution is 2.32. The molecule has 10 heteroatoms. The van der Waals surface area contributed by atoms with Gasteiger partial charge in [-0.05, 0) is 67.4 Å². The van der Waals surface area contributed by atoms with Crippen molar-refractivity contribution in [2.24, 2.45) is 5.92 Å². The van der Waals surface area contributed by atoms with Crippen molar-refractivity contribution in [3.05, 3.63) is 58.1 Å². The van der Waals surface area contributed by atoms with Gasteiger partial charge >= 0.3 is 12.1 Å². The molecule has 188 valence electrons. The Bertz CT molecular complexity index is 1100. The van der Waals surface area contributed by atoms with Gasteiger partial charge in [-0.2, -0.15) is 13.2 Å². The van der Waals surface area contributed by atoms with Gasteiger partial charge in [-0.25, -0.2) is 0 Å². The van der Waals surface area contributed by atoms with Crippen LogP contribution < -0.4 is 14.2 Å². The minimum Gasteiger partial charge on any atom is -0.489 e. The summed E-state index contributed by atoms with van der Waals surface area (Å²) in [5.41, 5.74) is 2.75. The van der Waals surface area contributed by atoms with Gasteiger partial charge < -0.3 is 19.3 Å². The van der Waals surface area contributed by atoms with E-state index in [0.717, 1.165) is 30.8 Å². The second kappa shape index (κ2) is 10.8. The minimum atomic E-state index is -4.44. The average molecular weight is 512 g/mol. The van der Waals surface area contributed by atoms with Crippen LogP contribution in [0.1, 0.15) is 24.0 Å². The van der Waals surface area contributed by atoms with Crippen LogP contribution in [0.25, 0.3) is 6.08 Å². The number of carboxylic acids is 1. The van der Waals surface area contributed by atoms with Gasteiger partial charge in [0, 0.05) is 18.2 Å². The van der Waals surface area contributed by atoms with Crippen LogP contribution in [0.3, 0.4) is 0 Å². The van der Waals surface area contributed by atoms with Gasteiger partial charge in [-0.3, -0.25) is 9.69 Å². The molecule has 1 N–H and O–H groups in total. The molecule has 35 heavy (non-hydrogen) atoms. The summed E-state index contributed by atoms with van der Waals surface area (Å²) >= 11 is 6.04. The third kappa shape index (κ3) is 7.05. The minimum absolute atomic E-state index is 0.0382. The summed E-state index contributed by atoms with van der Waals surface area (Å²) in [4.78, 5) is 13.4. The van der Waals surface area contributed by atoms with Crippen LogP contribution >= 0.6 is 11.6 Å². The van der Waals surface area contributed by atoms with E-state index in [-0.39, 0.29) is 23.3 Å². The van der Waals surface area contributed by atoms with E-state index in [2.05, 4.69) is 11.0 Å². The number of fused-ring (bicyclic) bond motifs is 1. The number of ether oxygens (including phenoxy) is 3. The first kappa shape index (κ1) is 25.2. The number of piperidine rings is 1. The molecule has 0 spiro atoms. The van der Waals surface area contributed by atoms with Crippen LogP contribution in [0.15, 0.2) is 42.0 Å². The molecule has 0 radical (unpaired) electrons. The van der Waals surface area contributed by atoms with E-state index >= 15 is 0 Å². The van der Waals surface area contributed by atoms with Crippen molar-refractivity contribution in [3.63, 3.8) is 0 Å². The van der Waals surface area contributed by atoms with Crippen LogP contribution in [0.5, 0.6) is 17.2 Å². The maximum Gasteiger partial charge on any atom is 0.422 e. The van der Waals surface area contributed by atoms with Crippen LogP contribution in [0, 0.1) is 5.92 Å². The Hall–Kier alpha value is -2.91. The second-order valence-corrected chi connectivity index (χ2v) is 9.04. The molecule has 2 aliphatic heterocycles. The smallest absolute Gasteiger partial charge is 0.422 e. The summed E-state index contributed by atoms with van der Waals surface area (Å²) < 4.78 is 53.4. The highest BCUT2D eigenvalue weighted by atomic mass is 35.5. The zero-order chi connectivity index (χ0) is 25.0. The molecule has 2 aromatic rings. The van der Waals surface area contributed by atoms with Crippen LogP contribution in [0.2, 0.25) is 5.02 Å². The molecular formula is C25H25ClF3NO5. The molecule has 0 bridgehead atoms. The number of nitrogens with zero attached hydrogens (tertiary/aromatic N) is 1. The topological polar surface area (TPSA) is 68.2 Å². The van der Waals surface area contributed by atoms with Gasteiger partial charge in [-0.1, -0.05) is 17.7 Å². The Labute approximate surface area is 205 Å². The average Bonchev–Trinajstić information content (AvgIpc) is 2.82. The van der Waals surface area contributed by atoms with Crippen molar-refractivity contribution >= 4 is 23.6 Å². The number of carboxylic acid groups (broad SMARTS) is 1. The lowest BCUT2D eigenvalue weighted by Gasteiger charge is -2.31. The largest absolute Gasteiger partial charge is 0.489 e. The van der Waals surface area contributed by atoms with E-state index in [1.54, 1.807) is 12.1 Å². The molecule has 2 aliphatic rings. The monoisotopic (exact) mass is 511 g/mol. The molecule has 0 atom stereocenters. The lowest BCUT2D eigenvalue weighted by atomic mass is 9.96. The highest BCUT2D eigenvalue weighted by molar-refractivity contribution is 6.32. The molecule has 0 saturated carbocycles. The quantitative estimate of drug-likeness (QED) is 0.509. The van der Waals surface area contributed by atoms with Gasteiger partial charge in [0.25, 0.3) is 0 Å². The summed E-state index contributed by atoms with van der Waals surface area (Å²) in [6, 6.07) is 10.0. The van der Waals surface area contributed by atoms with E-state index < -0.39 is 18.8 Å². The molecule has 1 fully saturated rings. The Balaban J connectivity index is 1.31. The zero-order valence-corrected chi connectivity index (χ0v) is 19.6. The fourth-order valence-electron chi connectivity index (χ4n) is 4.07. The Morgan fingerprint density at radius 3 is 2.60 bits per heavy atom. The molecule has 0 unspecified atom stereocenters. The van der Waals surface area contributed by atoms with E-state index in [4.69, 9.17) is 30.9 Å². The number of carbonyl (C=O) groups is 1. The summed E-state index contributed by atoms with van der Waals surface area (Å²) in [5, 5.41) is 9.22. The standard InChI is InChI=1S/C25H25ClF3NO5/c26-21-10-16(1-4-22(21)35-15-25(27,28)29)13-33-20-3-2-19-9-17(14-34-23(19)11-20)12-30-7-5-18(6-8-30)24(31)32/h1-4,9-11,18H,5-8,12-15H2,(H,31,32). The molecular weight excluding hydrogens is 487 g/mol. The Kier molecular flexibility index (Phi) is 7.76. The predicted octanol–water partition coefficient (Wildman–Crippen LogP) is 5.43. The van der Waals surface area contributed by atoms with Crippen LogP contribution in [0.4, 0.5) is 13.2 Å². The molecule has 6 nitrogen and oxygen atoms in total. The lowest BCUT2D eigenvalue weighted by Crippen LogP contribution is -2.38. The van der Waals surface area contributed by atoms with Crippen molar-refractivity contribution in [1.82, 2.24) is 4.90 Å². The third-order valence-electron chi connectivity index (χ3n) is 5.91. The van der Waals surface area contributed by atoms with Crippen molar-refractivity contribution in [2.75, 3.05) is 32.8 Å². The first-order chi connectivity index (χ1) is 16.7. The van der Waals surface area contributed by atoms with Crippen LogP contribution in [-0.4, -0.2) is 55.0 Å². The van der Waals surface area contributed by atoms with Gasteiger partial charge in [0.2, 0.25) is 0 Å². The fraction of sp³-hybridized carbons (Fsp3) is 0.400. The van der Waals surface area contributed by atoms with Gasteiger partial charge in [0.05, 0.1) is 10.9 Å². The highest BCUT2D eigenvalue weighted by Gasteiger charge is 2.29. The molecule has 0 aromatic heterocycles. The SMILES string of the molecule is O=C(O)C1CCN(CC2=Cc3ccc(OCc4ccc(OCC(F)(F)F)c(Cl)c4)cc3OC2)CC1. The number of halogens is 4. The van der Waals surface area contributed by atoms with Crippen molar-refractivity contribution < 1.29 is 37.3 Å². The fourth-order valence-corrected chi connectivity index (χ4v) is 4.33. The van der Waals surface area contributed by atoms with E-state index in [1.807, 2.05) is 12.1 Å². The van der Waals surface area contributed by atoms with Crippen molar-refractivity contribution in [2.45, 2.75) is 25.6 Å². The molecule has 2 heterocycles. The molecule has 0 aliphatic carbocycles. The molecule has 0 amide bonds.